The van der Waals surface area contributed by atoms with E-state index in [-0.39, 0.29) is 5.69 Å². The van der Waals surface area contributed by atoms with E-state index in [4.69, 9.17) is 5.11 Å². The molecule has 0 atom stereocenters. The molecule has 3 nitrogen and oxygen atoms in total. The van der Waals surface area contributed by atoms with E-state index in [1.54, 1.807) is 13.0 Å². The molecule has 0 aliphatic heterocycles. The van der Waals surface area contributed by atoms with Crippen LogP contribution in [0.2, 0.25) is 0 Å². The fraction of sp³-hybridized carbons (Fsp3) is 0.0769. The topological polar surface area (TPSA) is 50.2 Å². The lowest BCUT2D eigenvalue weighted by atomic mass is 10.0. The summed E-state index contributed by atoms with van der Waals surface area (Å²) in [5.41, 5.74) is 1.25. The molecule has 1 aromatic heterocycles. The predicted octanol–water partition coefficient (Wildman–Crippen LogP) is 3.03. The number of carboxylic acid groups (broad SMARTS) is 1. The van der Waals surface area contributed by atoms with Crippen molar-refractivity contribution in [3.05, 3.63) is 53.4 Å². The lowest BCUT2D eigenvalue weighted by molar-refractivity contribution is 0.0690. The normalized spacial score (nSPS) is 10.4. The number of nitrogens with zero attached hydrogens (tertiary/aromatic N) is 1. The third-order valence-corrected chi connectivity index (χ3v) is 2.43. The van der Waals surface area contributed by atoms with Crippen LogP contribution in [0, 0.1) is 18.6 Å². The Kier molecular flexibility index (Phi) is 3.06. The predicted molar refractivity (Wildman–Crippen MR) is 61.3 cm³/mol. The van der Waals surface area contributed by atoms with Crippen molar-refractivity contribution in [3.8, 4) is 11.1 Å². The molecule has 1 aromatic carbocycles. The number of halogens is 2. The van der Waals surface area contributed by atoms with Gasteiger partial charge >= 0.3 is 5.97 Å². The Balaban J connectivity index is 2.56. The third-order valence-electron chi connectivity index (χ3n) is 2.43. The highest BCUT2D eigenvalue weighted by atomic mass is 19.2. The first kappa shape index (κ1) is 12.2. The smallest absolute Gasteiger partial charge is 0.354 e. The summed E-state index contributed by atoms with van der Waals surface area (Å²) in [7, 11) is 0. The molecular weight excluding hydrogens is 240 g/mol. The highest BCUT2D eigenvalue weighted by Gasteiger charge is 2.10. The van der Waals surface area contributed by atoms with Crippen molar-refractivity contribution >= 4 is 5.97 Å². The largest absolute Gasteiger partial charge is 0.477 e. The van der Waals surface area contributed by atoms with Gasteiger partial charge in [-0.15, -0.1) is 0 Å². The maximum Gasteiger partial charge on any atom is 0.354 e. The van der Waals surface area contributed by atoms with Crippen LogP contribution in [0.5, 0.6) is 0 Å². The van der Waals surface area contributed by atoms with Crippen LogP contribution in [0.15, 0.2) is 30.3 Å². The van der Waals surface area contributed by atoms with Gasteiger partial charge in [0.05, 0.1) is 0 Å². The lowest BCUT2D eigenvalue weighted by Gasteiger charge is -2.05. The number of benzene rings is 1. The number of aryl methyl sites for hydroxylation is 1. The van der Waals surface area contributed by atoms with E-state index in [1.807, 2.05) is 0 Å². The summed E-state index contributed by atoms with van der Waals surface area (Å²) in [6.07, 6.45) is 0. The second-order valence-electron chi connectivity index (χ2n) is 3.82. The molecule has 2 rings (SSSR count). The van der Waals surface area contributed by atoms with E-state index < -0.39 is 17.6 Å². The van der Waals surface area contributed by atoms with Gasteiger partial charge in [0.2, 0.25) is 0 Å². The molecular formula is C13H9F2NO2. The number of aromatic nitrogens is 1. The third kappa shape index (κ3) is 2.34. The number of carboxylic acids is 1. The molecule has 0 spiro atoms. The van der Waals surface area contributed by atoms with Crippen LogP contribution in [-0.2, 0) is 0 Å². The molecule has 1 N–H and O–H groups in total. The molecule has 0 saturated heterocycles. The maximum absolute atomic E-state index is 13.1. The van der Waals surface area contributed by atoms with Crippen LogP contribution in [0.25, 0.3) is 11.1 Å². The molecule has 0 amide bonds. The Bertz CT molecular complexity index is 626. The second kappa shape index (κ2) is 4.52. The molecule has 1 heterocycles. The quantitative estimate of drug-likeness (QED) is 0.889. The van der Waals surface area contributed by atoms with Crippen LogP contribution in [0.1, 0.15) is 16.2 Å². The van der Waals surface area contributed by atoms with Crippen LogP contribution >= 0.6 is 0 Å². The summed E-state index contributed by atoms with van der Waals surface area (Å²) in [6, 6.07) is 6.34. The summed E-state index contributed by atoms with van der Waals surface area (Å²) in [4.78, 5) is 14.7. The number of aromatic carboxylic acids is 1. The van der Waals surface area contributed by atoms with Gasteiger partial charge in [-0.25, -0.2) is 18.6 Å². The Morgan fingerprint density at radius 2 is 1.83 bits per heavy atom. The minimum atomic E-state index is -1.16. The van der Waals surface area contributed by atoms with Crippen molar-refractivity contribution in [2.75, 3.05) is 0 Å². The van der Waals surface area contributed by atoms with Crippen LogP contribution in [0.4, 0.5) is 8.78 Å². The zero-order valence-corrected chi connectivity index (χ0v) is 9.45. The van der Waals surface area contributed by atoms with Gasteiger partial charge in [0.25, 0.3) is 0 Å². The number of rotatable bonds is 2. The van der Waals surface area contributed by atoms with E-state index in [9.17, 15) is 13.6 Å². The van der Waals surface area contributed by atoms with E-state index in [0.717, 1.165) is 12.1 Å². The second-order valence-corrected chi connectivity index (χ2v) is 3.82. The standard InChI is InChI=1S/C13H9F2NO2/c1-7-4-9(6-12(16-7)13(17)18)8-2-3-10(14)11(15)5-8/h2-6H,1H3,(H,17,18). The highest BCUT2D eigenvalue weighted by Crippen LogP contribution is 2.22. The van der Waals surface area contributed by atoms with Crippen molar-refractivity contribution in [2.24, 2.45) is 0 Å². The van der Waals surface area contributed by atoms with Gasteiger partial charge in [-0.3, -0.25) is 0 Å². The van der Waals surface area contributed by atoms with Gasteiger partial charge in [0.1, 0.15) is 5.69 Å². The van der Waals surface area contributed by atoms with Gasteiger partial charge in [-0.2, -0.15) is 0 Å². The first-order chi connectivity index (χ1) is 8.47. The molecule has 0 saturated carbocycles. The first-order valence-corrected chi connectivity index (χ1v) is 5.15. The van der Waals surface area contributed by atoms with Crippen LogP contribution < -0.4 is 0 Å². The van der Waals surface area contributed by atoms with Crippen molar-refractivity contribution in [1.29, 1.82) is 0 Å². The molecule has 0 bridgehead atoms. The number of carbonyl (C=O) groups is 1. The summed E-state index contributed by atoms with van der Waals surface area (Å²) in [5.74, 6) is -3.08. The molecule has 0 aliphatic carbocycles. The van der Waals surface area contributed by atoms with Crippen LogP contribution in [-0.4, -0.2) is 16.1 Å². The molecule has 5 heteroatoms. The van der Waals surface area contributed by atoms with Crippen molar-refractivity contribution in [1.82, 2.24) is 4.98 Å². The van der Waals surface area contributed by atoms with Gasteiger partial charge in [0.15, 0.2) is 11.6 Å². The van der Waals surface area contributed by atoms with E-state index in [2.05, 4.69) is 4.98 Å². The molecule has 18 heavy (non-hydrogen) atoms. The molecule has 0 aliphatic rings. The first-order valence-electron chi connectivity index (χ1n) is 5.15. The van der Waals surface area contributed by atoms with E-state index in [1.165, 1.54) is 12.1 Å². The molecule has 2 aromatic rings. The minimum absolute atomic E-state index is 0.130. The molecule has 0 fully saturated rings. The molecule has 92 valence electrons. The number of pyridine rings is 1. The lowest BCUT2D eigenvalue weighted by Crippen LogP contribution is -2.02. The molecule has 0 unspecified atom stereocenters. The van der Waals surface area contributed by atoms with E-state index in [0.29, 0.717) is 16.8 Å². The summed E-state index contributed by atoms with van der Waals surface area (Å²) >= 11 is 0. The van der Waals surface area contributed by atoms with Gasteiger partial charge < -0.3 is 5.11 Å². The van der Waals surface area contributed by atoms with Crippen molar-refractivity contribution < 1.29 is 18.7 Å². The Morgan fingerprint density at radius 3 is 2.44 bits per heavy atom. The highest BCUT2D eigenvalue weighted by molar-refractivity contribution is 5.87. The van der Waals surface area contributed by atoms with Crippen molar-refractivity contribution in [3.63, 3.8) is 0 Å². The average Bonchev–Trinajstić information content (AvgIpc) is 2.31. The van der Waals surface area contributed by atoms with Crippen LogP contribution in [0.3, 0.4) is 0 Å². The number of hydrogen-bond donors (Lipinski definition) is 1. The minimum Gasteiger partial charge on any atom is -0.477 e. The Morgan fingerprint density at radius 1 is 1.11 bits per heavy atom. The zero-order valence-electron chi connectivity index (χ0n) is 9.45. The number of hydrogen-bond acceptors (Lipinski definition) is 2. The maximum atomic E-state index is 13.1. The van der Waals surface area contributed by atoms with Crippen molar-refractivity contribution in [2.45, 2.75) is 6.92 Å². The van der Waals surface area contributed by atoms with Gasteiger partial charge in [0, 0.05) is 5.69 Å². The fourth-order valence-corrected chi connectivity index (χ4v) is 1.62. The zero-order chi connectivity index (χ0) is 13.3. The summed E-state index contributed by atoms with van der Waals surface area (Å²) in [6.45, 7) is 1.63. The van der Waals surface area contributed by atoms with Gasteiger partial charge in [-0.1, -0.05) is 6.07 Å². The summed E-state index contributed by atoms with van der Waals surface area (Å²) < 4.78 is 25.9. The fourth-order valence-electron chi connectivity index (χ4n) is 1.62. The Labute approximate surface area is 102 Å². The monoisotopic (exact) mass is 249 g/mol. The van der Waals surface area contributed by atoms with E-state index >= 15 is 0 Å². The SMILES string of the molecule is Cc1cc(-c2ccc(F)c(F)c2)cc(C(=O)O)n1. The average molecular weight is 249 g/mol. The Hall–Kier alpha value is -2.30. The molecule has 0 radical (unpaired) electrons. The summed E-state index contributed by atoms with van der Waals surface area (Å²) in [5, 5.41) is 8.88. The van der Waals surface area contributed by atoms with Gasteiger partial charge in [-0.05, 0) is 42.3 Å².